The van der Waals surface area contributed by atoms with E-state index < -0.39 is 5.54 Å². The zero-order valence-corrected chi connectivity index (χ0v) is 21.7. The molecule has 1 N–H and O–H groups in total. The number of carbonyl (C=O) groups excluding carboxylic acids is 2. The third kappa shape index (κ3) is 5.54. The van der Waals surface area contributed by atoms with Crippen molar-refractivity contribution in [2.45, 2.75) is 103 Å². The number of hydrogen-bond donors (Lipinski definition) is 1. The molecule has 2 aliphatic rings. The SMILES string of the molecule is CCCOc1ccc(CN2C(=O)c3cc(C(C)C)nn3C[C@]2(C)C(=O)NC2CCCCCC2)cc1. The Morgan fingerprint density at radius 1 is 1.17 bits per heavy atom. The van der Waals surface area contributed by atoms with E-state index >= 15 is 0 Å². The van der Waals surface area contributed by atoms with Crippen LogP contribution in [0.5, 0.6) is 5.75 Å². The lowest BCUT2D eigenvalue weighted by molar-refractivity contribution is -0.134. The topological polar surface area (TPSA) is 76.5 Å². The van der Waals surface area contributed by atoms with E-state index in [1.807, 2.05) is 37.3 Å². The van der Waals surface area contributed by atoms with Gasteiger partial charge in [-0.3, -0.25) is 14.3 Å². The number of rotatable bonds is 8. The summed E-state index contributed by atoms with van der Waals surface area (Å²) in [5.41, 5.74) is 1.36. The van der Waals surface area contributed by atoms with Crippen molar-refractivity contribution in [2.75, 3.05) is 6.61 Å². The fourth-order valence-corrected chi connectivity index (χ4v) is 5.05. The van der Waals surface area contributed by atoms with Crippen LogP contribution in [0.4, 0.5) is 0 Å². The number of aromatic nitrogens is 2. The molecule has 1 aliphatic carbocycles. The third-order valence-electron chi connectivity index (χ3n) is 7.32. The van der Waals surface area contributed by atoms with E-state index in [4.69, 9.17) is 9.84 Å². The quantitative estimate of drug-likeness (QED) is 0.537. The molecule has 2 amide bonds. The summed E-state index contributed by atoms with van der Waals surface area (Å²) < 4.78 is 7.45. The Hall–Kier alpha value is -2.83. The van der Waals surface area contributed by atoms with E-state index in [0.29, 0.717) is 25.4 Å². The molecule has 2 heterocycles. The second-order valence-corrected chi connectivity index (χ2v) is 10.6. The first kappa shape index (κ1) is 25.3. The summed E-state index contributed by atoms with van der Waals surface area (Å²) in [4.78, 5) is 29.3. The lowest BCUT2D eigenvalue weighted by atomic mass is 9.93. The minimum Gasteiger partial charge on any atom is -0.494 e. The van der Waals surface area contributed by atoms with Gasteiger partial charge in [0.05, 0.1) is 18.8 Å². The van der Waals surface area contributed by atoms with Crippen LogP contribution in [0, 0.1) is 0 Å². The largest absolute Gasteiger partial charge is 0.494 e. The minimum absolute atomic E-state index is 0.0899. The van der Waals surface area contributed by atoms with E-state index in [0.717, 1.165) is 49.1 Å². The zero-order chi connectivity index (χ0) is 25.0. The summed E-state index contributed by atoms with van der Waals surface area (Å²) in [5.74, 6) is 0.776. The molecule has 0 saturated heterocycles. The molecule has 1 aromatic carbocycles. The molecule has 0 radical (unpaired) electrons. The average Bonchev–Trinajstić information content (AvgIpc) is 3.10. The normalized spacial score (nSPS) is 21.1. The Morgan fingerprint density at radius 2 is 1.86 bits per heavy atom. The van der Waals surface area contributed by atoms with Gasteiger partial charge in [0.1, 0.15) is 17.0 Å². The molecule has 1 atom stereocenters. The average molecular weight is 481 g/mol. The van der Waals surface area contributed by atoms with Crippen molar-refractivity contribution in [2.24, 2.45) is 0 Å². The van der Waals surface area contributed by atoms with Gasteiger partial charge in [-0.05, 0) is 55.9 Å². The highest BCUT2D eigenvalue weighted by Crippen LogP contribution is 2.31. The molecule has 0 spiro atoms. The second-order valence-electron chi connectivity index (χ2n) is 10.6. The van der Waals surface area contributed by atoms with E-state index in [1.165, 1.54) is 12.8 Å². The minimum atomic E-state index is -1.03. The lowest BCUT2D eigenvalue weighted by Crippen LogP contribution is -2.64. The molecule has 0 unspecified atom stereocenters. The number of nitrogens with one attached hydrogen (secondary N) is 1. The number of carbonyl (C=O) groups is 2. The van der Waals surface area contributed by atoms with Gasteiger partial charge in [0, 0.05) is 12.6 Å². The summed E-state index contributed by atoms with van der Waals surface area (Å²) in [7, 11) is 0. The highest BCUT2D eigenvalue weighted by atomic mass is 16.5. The van der Waals surface area contributed by atoms with Crippen LogP contribution in [-0.2, 0) is 17.9 Å². The molecule has 190 valence electrons. The Labute approximate surface area is 209 Å². The molecule has 7 heteroatoms. The number of amides is 2. The van der Waals surface area contributed by atoms with E-state index in [9.17, 15) is 9.59 Å². The molecule has 1 aromatic heterocycles. The smallest absolute Gasteiger partial charge is 0.273 e. The van der Waals surface area contributed by atoms with Gasteiger partial charge < -0.3 is 15.0 Å². The van der Waals surface area contributed by atoms with Crippen molar-refractivity contribution in [1.29, 1.82) is 0 Å². The maximum Gasteiger partial charge on any atom is 0.273 e. The number of hydrogen-bond acceptors (Lipinski definition) is 4. The van der Waals surface area contributed by atoms with Gasteiger partial charge in [-0.2, -0.15) is 5.10 Å². The van der Waals surface area contributed by atoms with Crippen LogP contribution in [0.3, 0.4) is 0 Å². The van der Waals surface area contributed by atoms with Crippen molar-refractivity contribution < 1.29 is 14.3 Å². The van der Waals surface area contributed by atoms with E-state index in [1.54, 1.807) is 9.58 Å². The maximum absolute atomic E-state index is 13.8. The Morgan fingerprint density at radius 3 is 2.49 bits per heavy atom. The number of ether oxygens (including phenoxy) is 1. The molecular weight excluding hydrogens is 440 g/mol. The predicted molar refractivity (Wildman–Crippen MR) is 136 cm³/mol. The van der Waals surface area contributed by atoms with Crippen LogP contribution in [0.1, 0.15) is 100 Å². The first-order valence-corrected chi connectivity index (χ1v) is 13.2. The highest BCUT2D eigenvalue weighted by Gasteiger charge is 2.48. The summed E-state index contributed by atoms with van der Waals surface area (Å²) >= 11 is 0. The Kier molecular flexibility index (Phi) is 7.82. The first-order chi connectivity index (χ1) is 16.8. The molecule has 0 bridgehead atoms. The van der Waals surface area contributed by atoms with Crippen molar-refractivity contribution in [1.82, 2.24) is 20.0 Å². The second kappa shape index (κ2) is 10.8. The summed E-state index contributed by atoms with van der Waals surface area (Å²) in [6, 6.07) is 9.87. The molecule has 35 heavy (non-hydrogen) atoms. The summed E-state index contributed by atoms with van der Waals surface area (Å²) in [5, 5.41) is 8.00. The van der Waals surface area contributed by atoms with Crippen molar-refractivity contribution in [3.63, 3.8) is 0 Å². The van der Waals surface area contributed by atoms with Gasteiger partial charge in [-0.15, -0.1) is 0 Å². The van der Waals surface area contributed by atoms with Gasteiger partial charge in [0.25, 0.3) is 5.91 Å². The van der Waals surface area contributed by atoms with Gasteiger partial charge >= 0.3 is 0 Å². The molecule has 1 aliphatic heterocycles. The van der Waals surface area contributed by atoms with Crippen molar-refractivity contribution >= 4 is 11.8 Å². The maximum atomic E-state index is 13.8. The zero-order valence-electron chi connectivity index (χ0n) is 21.7. The number of nitrogens with zero attached hydrogens (tertiary/aromatic N) is 3. The van der Waals surface area contributed by atoms with Gasteiger partial charge in [-0.25, -0.2) is 0 Å². The van der Waals surface area contributed by atoms with Crippen LogP contribution in [0.2, 0.25) is 0 Å². The molecular formula is C28H40N4O3. The predicted octanol–water partition coefficient (Wildman–Crippen LogP) is 5.05. The summed E-state index contributed by atoms with van der Waals surface area (Å²) in [6.45, 7) is 9.46. The van der Waals surface area contributed by atoms with Crippen molar-refractivity contribution in [3.8, 4) is 5.75 Å². The Bertz CT molecular complexity index is 1020. The Balaban J connectivity index is 1.62. The third-order valence-corrected chi connectivity index (χ3v) is 7.32. The monoisotopic (exact) mass is 480 g/mol. The first-order valence-electron chi connectivity index (χ1n) is 13.2. The van der Waals surface area contributed by atoms with Gasteiger partial charge in [-0.1, -0.05) is 58.6 Å². The van der Waals surface area contributed by atoms with Crippen molar-refractivity contribution in [3.05, 3.63) is 47.3 Å². The van der Waals surface area contributed by atoms with Crippen LogP contribution in [0.15, 0.2) is 30.3 Å². The van der Waals surface area contributed by atoms with Crippen LogP contribution >= 0.6 is 0 Å². The van der Waals surface area contributed by atoms with E-state index in [-0.39, 0.29) is 23.8 Å². The summed E-state index contributed by atoms with van der Waals surface area (Å²) in [6.07, 6.45) is 7.67. The van der Waals surface area contributed by atoms with Crippen LogP contribution in [0.25, 0.3) is 0 Å². The fourth-order valence-electron chi connectivity index (χ4n) is 5.05. The molecule has 4 rings (SSSR count). The molecule has 1 fully saturated rings. The molecule has 7 nitrogen and oxygen atoms in total. The highest BCUT2D eigenvalue weighted by molar-refractivity contribution is 5.99. The molecule has 2 aromatic rings. The number of fused-ring (bicyclic) bond motifs is 1. The molecule has 1 saturated carbocycles. The van der Waals surface area contributed by atoms with E-state index in [2.05, 4.69) is 26.1 Å². The number of benzene rings is 1. The fraction of sp³-hybridized carbons (Fsp3) is 0.607. The lowest BCUT2D eigenvalue weighted by Gasteiger charge is -2.44. The van der Waals surface area contributed by atoms with Crippen LogP contribution < -0.4 is 10.1 Å². The van der Waals surface area contributed by atoms with Gasteiger partial charge in [0.15, 0.2) is 0 Å². The van der Waals surface area contributed by atoms with Crippen LogP contribution in [-0.4, -0.2) is 44.7 Å². The van der Waals surface area contributed by atoms with Gasteiger partial charge in [0.2, 0.25) is 5.91 Å². The standard InChI is InChI=1S/C28H40N4O3/c1-5-16-35-23-14-12-21(13-15-23)18-31-26(33)25-17-24(20(2)3)30-32(25)19-28(31,4)27(34)29-22-10-8-6-7-9-11-22/h12-15,17,20,22H,5-11,16,18-19H2,1-4H3,(H,29,34)/t28-/m1/s1.